The van der Waals surface area contributed by atoms with E-state index in [4.69, 9.17) is 19.4 Å². The van der Waals surface area contributed by atoms with E-state index in [-0.39, 0.29) is 0 Å². The summed E-state index contributed by atoms with van der Waals surface area (Å²) in [7, 11) is 0. The van der Waals surface area contributed by atoms with Gasteiger partial charge >= 0.3 is 0 Å². The zero-order valence-electron chi connectivity index (χ0n) is 30.4. The number of fused-ring (bicyclic) bond motifs is 9. The van der Waals surface area contributed by atoms with Gasteiger partial charge in [-0.05, 0) is 65.7 Å². The second-order valence-corrected chi connectivity index (χ2v) is 15.4. The molecule has 0 spiro atoms. The maximum atomic E-state index is 6.53. The third-order valence-electron chi connectivity index (χ3n) is 11.1. The highest BCUT2D eigenvalue weighted by atomic mass is 32.1. The second-order valence-electron chi connectivity index (χ2n) is 14.4. The molecule has 0 saturated heterocycles. The standard InChI is InChI=1S/C51H30N4OS/c1-2-13-31(14-3-1)32-27-28-43-41(30-32)35-17-4-7-23-42(35)55(43)34-16-10-15-33(29-34)49-52-50(39-21-12-26-46-47(39)38-19-6-9-25-45(38)57-46)54-51(53-49)40-22-11-20-37-36-18-5-8-24-44(36)56-48(37)40/h1-30H. The summed E-state index contributed by atoms with van der Waals surface area (Å²) in [4.78, 5) is 15.8. The van der Waals surface area contributed by atoms with Gasteiger partial charge in [0.1, 0.15) is 11.2 Å². The van der Waals surface area contributed by atoms with E-state index in [0.717, 1.165) is 60.7 Å². The monoisotopic (exact) mass is 746 g/mol. The van der Waals surface area contributed by atoms with Crippen LogP contribution in [0.25, 0.3) is 115 Å². The van der Waals surface area contributed by atoms with Crippen LogP contribution in [0.2, 0.25) is 0 Å². The first-order valence-electron chi connectivity index (χ1n) is 19.0. The van der Waals surface area contributed by atoms with Crippen LogP contribution in [0.3, 0.4) is 0 Å². The summed E-state index contributed by atoms with van der Waals surface area (Å²) in [6.07, 6.45) is 0. The average molecular weight is 747 g/mol. The molecule has 0 atom stereocenters. The highest BCUT2D eigenvalue weighted by Crippen LogP contribution is 2.41. The Morgan fingerprint density at radius 3 is 1.96 bits per heavy atom. The molecule has 4 aromatic heterocycles. The van der Waals surface area contributed by atoms with Gasteiger partial charge in [-0.3, -0.25) is 0 Å². The largest absolute Gasteiger partial charge is 0.455 e. The van der Waals surface area contributed by atoms with Crippen molar-refractivity contribution in [3.05, 3.63) is 182 Å². The number of benzene rings is 8. The van der Waals surface area contributed by atoms with Crippen molar-refractivity contribution in [2.45, 2.75) is 0 Å². The summed E-state index contributed by atoms with van der Waals surface area (Å²) in [6.45, 7) is 0. The van der Waals surface area contributed by atoms with Gasteiger partial charge in [-0.2, -0.15) is 0 Å². The first kappa shape index (κ1) is 31.9. The lowest BCUT2D eigenvalue weighted by atomic mass is 10.0. The second kappa shape index (κ2) is 12.6. The number of hydrogen-bond donors (Lipinski definition) is 0. The van der Waals surface area contributed by atoms with E-state index in [9.17, 15) is 0 Å². The topological polar surface area (TPSA) is 56.7 Å². The van der Waals surface area contributed by atoms with E-state index in [1.54, 1.807) is 11.3 Å². The lowest BCUT2D eigenvalue weighted by Gasteiger charge is -2.12. The molecule has 0 N–H and O–H groups in total. The minimum atomic E-state index is 0.562. The van der Waals surface area contributed by atoms with Crippen LogP contribution in [0.1, 0.15) is 0 Å². The van der Waals surface area contributed by atoms with Gasteiger partial charge in [-0.25, -0.2) is 15.0 Å². The number of para-hydroxylation sites is 3. The molecule has 0 radical (unpaired) electrons. The van der Waals surface area contributed by atoms with Crippen molar-refractivity contribution in [3.8, 4) is 51.0 Å². The highest BCUT2D eigenvalue weighted by Gasteiger charge is 2.21. The van der Waals surface area contributed by atoms with Crippen molar-refractivity contribution in [1.82, 2.24) is 19.5 Å². The lowest BCUT2D eigenvalue weighted by Crippen LogP contribution is -2.01. The van der Waals surface area contributed by atoms with Crippen molar-refractivity contribution < 1.29 is 4.42 Å². The maximum Gasteiger partial charge on any atom is 0.167 e. The van der Waals surface area contributed by atoms with Gasteiger partial charge in [0.25, 0.3) is 0 Å². The molecule has 0 amide bonds. The molecule has 0 aliphatic heterocycles. The highest BCUT2D eigenvalue weighted by molar-refractivity contribution is 7.25. The third-order valence-corrected chi connectivity index (χ3v) is 12.2. The molecule has 6 heteroatoms. The fourth-order valence-corrected chi connectivity index (χ4v) is 9.61. The van der Waals surface area contributed by atoms with Crippen LogP contribution < -0.4 is 0 Å². The van der Waals surface area contributed by atoms with E-state index < -0.39 is 0 Å². The fourth-order valence-electron chi connectivity index (χ4n) is 8.48. The number of rotatable bonds is 5. The molecule has 0 aliphatic carbocycles. The number of furan rings is 1. The van der Waals surface area contributed by atoms with E-state index in [1.165, 1.54) is 36.7 Å². The Balaban J connectivity index is 1.09. The van der Waals surface area contributed by atoms with E-state index >= 15 is 0 Å². The van der Waals surface area contributed by atoms with Crippen LogP contribution in [0.15, 0.2) is 186 Å². The van der Waals surface area contributed by atoms with Crippen LogP contribution in [-0.4, -0.2) is 19.5 Å². The van der Waals surface area contributed by atoms with Crippen molar-refractivity contribution in [2.24, 2.45) is 0 Å². The van der Waals surface area contributed by atoms with Gasteiger partial charge in [0.2, 0.25) is 0 Å². The van der Waals surface area contributed by atoms with E-state index in [1.807, 2.05) is 24.3 Å². The number of hydrogen-bond acceptors (Lipinski definition) is 5. The first-order chi connectivity index (χ1) is 28.2. The molecule has 0 aliphatic rings. The minimum Gasteiger partial charge on any atom is -0.455 e. The summed E-state index contributed by atoms with van der Waals surface area (Å²) in [6, 6.07) is 63.8. The van der Waals surface area contributed by atoms with Crippen LogP contribution in [0.4, 0.5) is 0 Å². The zero-order chi connectivity index (χ0) is 37.5. The van der Waals surface area contributed by atoms with Gasteiger partial charge in [-0.15, -0.1) is 11.3 Å². The molecule has 8 aromatic carbocycles. The molecule has 57 heavy (non-hydrogen) atoms. The van der Waals surface area contributed by atoms with E-state index in [2.05, 4.69) is 162 Å². The van der Waals surface area contributed by atoms with Crippen molar-refractivity contribution in [3.63, 3.8) is 0 Å². The van der Waals surface area contributed by atoms with Crippen LogP contribution in [0.5, 0.6) is 0 Å². The SMILES string of the molecule is c1ccc(-c2ccc3c(c2)c2ccccc2n3-c2cccc(-c3nc(-c4cccc5c4oc4ccccc45)nc(-c4cccc5sc6ccccc6c45)n3)c2)cc1. The van der Waals surface area contributed by atoms with Gasteiger partial charge in [0.05, 0.1) is 16.6 Å². The normalized spacial score (nSPS) is 11.9. The molecule has 4 heterocycles. The average Bonchev–Trinajstić information content (AvgIpc) is 3.96. The predicted molar refractivity (Wildman–Crippen MR) is 236 cm³/mol. The molecule has 12 rings (SSSR count). The Morgan fingerprint density at radius 1 is 0.404 bits per heavy atom. The molecular weight excluding hydrogens is 717 g/mol. The van der Waals surface area contributed by atoms with Crippen LogP contribution >= 0.6 is 11.3 Å². The summed E-state index contributed by atoms with van der Waals surface area (Å²) in [5.74, 6) is 1.77. The molecule has 266 valence electrons. The molecule has 0 saturated carbocycles. The van der Waals surface area contributed by atoms with Gasteiger partial charge in [0, 0.05) is 58.5 Å². The van der Waals surface area contributed by atoms with Crippen molar-refractivity contribution in [1.29, 1.82) is 0 Å². The molecular formula is C51H30N4OS. The Labute approximate surface area is 330 Å². The summed E-state index contributed by atoms with van der Waals surface area (Å²) >= 11 is 1.79. The molecule has 0 unspecified atom stereocenters. The predicted octanol–water partition coefficient (Wildman–Crippen LogP) is 13.9. The lowest BCUT2D eigenvalue weighted by molar-refractivity contribution is 0.669. The third kappa shape index (κ3) is 5.04. The summed E-state index contributed by atoms with van der Waals surface area (Å²) < 4.78 is 11.3. The smallest absolute Gasteiger partial charge is 0.167 e. The Morgan fingerprint density at radius 2 is 1.05 bits per heavy atom. The van der Waals surface area contributed by atoms with Crippen molar-refractivity contribution >= 4 is 75.3 Å². The molecule has 0 bridgehead atoms. The Bertz CT molecular complexity index is 3540. The van der Waals surface area contributed by atoms with Gasteiger partial charge < -0.3 is 8.98 Å². The molecule has 0 fully saturated rings. The number of aromatic nitrogens is 4. The maximum absolute atomic E-state index is 6.53. The first-order valence-corrected chi connectivity index (χ1v) is 19.8. The Kier molecular flexibility index (Phi) is 7.03. The quantitative estimate of drug-likeness (QED) is 0.176. The number of thiophene rings is 1. The zero-order valence-corrected chi connectivity index (χ0v) is 31.2. The number of nitrogens with zero attached hydrogens (tertiary/aromatic N) is 4. The van der Waals surface area contributed by atoms with Crippen molar-refractivity contribution in [2.75, 3.05) is 0 Å². The summed E-state index contributed by atoms with van der Waals surface area (Å²) in [5, 5.41) is 6.85. The molecule has 5 nitrogen and oxygen atoms in total. The fraction of sp³-hybridized carbons (Fsp3) is 0. The van der Waals surface area contributed by atoms with Gasteiger partial charge in [-0.1, -0.05) is 127 Å². The van der Waals surface area contributed by atoms with Crippen LogP contribution in [-0.2, 0) is 0 Å². The molecule has 12 aromatic rings. The summed E-state index contributed by atoms with van der Waals surface area (Å²) in [5.41, 5.74) is 9.97. The Hall–Kier alpha value is -7.41. The van der Waals surface area contributed by atoms with Crippen LogP contribution in [0, 0.1) is 0 Å². The van der Waals surface area contributed by atoms with Gasteiger partial charge in [0.15, 0.2) is 17.5 Å². The minimum absolute atomic E-state index is 0.562. The van der Waals surface area contributed by atoms with E-state index in [0.29, 0.717) is 17.5 Å².